The third kappa shape index (κ3) is 5.89. The van der Waals surface area contributed by atoms with E-state index in [4.69, 9.17) is 4.74 Å². The summed E-state index contributed by atoms with van der Waals surface area (Å²) in [4.78, 5) is 15.8. The number of carboxylic acid groups (broad SMARTS) is 1. The van der Waals surface area contributed by atoms with Crippen LogP contribution in [0.25, 0.3) is 11.2 Å². The Balaban J connectivity index is 1.27. The fourth-order valence-corrected chi connectivity index (χ4v) is 6.81. The lowest BCUT2D eigenvalue weighted by molar-refractivity contribution is -0.149. The van der Waals surface area contributed by atoms with Gasteiger partial charge in [0.15, 0.2) is 0 Å². The van der Waals surface area contributed by atoms with Crippen LogP contribution in [0, 0.1) is 17.3 Å². The maximum atomic E-state index is 12.0. The molecule has 2 heterocycles. The van der Waals surface area contributed by atoms with E-state index in [0.717, 1.165) is 47.9 Å². The van der Waals surface area contributed by atoms with Crippen LogP contribution in [-0.4, -0.2) is 41.4 Å². The molecule has 37 heavy (non-hydrogen) atoms. The maximum Gasteiger partial charge on any atom is 0.309 e. The number of hydrogen-bond acceptors (Lipinski definition) is 4. The fraction of sp³-hybridized carbons (Fsp3) is 0.406. The van der Waals surface area contributed by atoms with E-state index in [1.54, 1.807) is 0 Å². The van der Waals surface area contributed by atoms with Crippen molar-refractivity contribution in [3.63, 3.8) is 0 Å². The van der Waals surface area contributed by atoms with E-state index in [-0.39, 0.29) is 5.92 Å². The SMILES string of the molecule is CC(C)(C(=O)O)C1C=CC2=C(C1)C(SCCN1CCC(Cc3ccccc3)CC1)=c1ccccc1=CO2. The van der Waals surface area contributed by atoms with E-state index in [1.807, 2.05) is 50.1 Å². The van der Waals surface area contributed by atoms with Gasteiger partial charge in [0.25, 0.3) is 0 Å². The van der Waals surface area contributed by atoms with Crippen LogP contribution in [-0.2, 0) is 16.0 Å². The summed E-state index contributed by atoms with van der Waals surface area (Å²) >= 11 is 1.89. The highest BCUT2D eigenvalue weighted by atomic mass is 32.2. The summed E-state index contributed by atoms with van der Waals surface area (Å²) in [7, 11) is 0. The molecule has 5 heteroatoms. The molecule has 0 saturated carbocycles. The normalized spacial score (nSPS) is 20.5. The molecule has 5 rings (SSSR count). The zero-order valence-corrected chi connectivity index (χ0v) is 22.7. The zero-order valence-electron chi connectivity index (χ0n) is 21.9. The molecule has 1 fully saturated rings. The highest BCUT2D eigenvalue weighted by Gasteiger charge is 2.38. The van der Waals surface area contributed by atoms with Crippen LogP contribution in [0.4, 0.5) is 0 Å². The molecule has 2 aromatic rings. The number of carboxylic acids is 1. The highest BCUT2D eigenvalue weighted by Crippen LogP contribution is 2.42. The van der Waals surface area contributed by atoms with Crippen molar-refractivity contribution in [2.75, 3.05) is 25.4 Å². The number of hydrogen-bond donors (Lipinski definition) is 1. The van der Waals surface area contributed by atoms with Crippen molar-refractivity contribution in [2.24, 2.45) is 17.3 Å². The van der Waals surface area contributed by atoms with Crippen LogP contribution in [0.2, 0.25) is 0 Å². The molecule has 2 aliphatic heterocycles. The highest BCUT2D eigenvalue weighted by molar-refractivity contribution is 8.08. The van der Waals surface area contributed by atoms with Gasteiger partial charge in [0.05, 0.1) is 11.7 Å². The second-order valence-electron chi connectivity index (χ2n) is 11.0. The van der Waals surface area contributed by atoms with Crippen molar-refractivity contribution in [1.29, 1.82) is 0 Å². The number of piperidine rings is 1. The molecule has 0 amide bonds. The van der Waals surface area contributed by atoms with Crippen molar-refractivity contribution in [3.05, 3.63) is 94.1 Å². The van der Waals surface area contributed by atoms with Crippen LogP contribution in [0.15, 0.2) is 78.1 Å². The molecule has 1 atom stereocenters. The molecule has 1 unspecified atom stereocenters. The quantitative estimate of drug-likeness (QED) is 0.524. The molecule has 4 nitrogen and oxygen atoms in total. The lowest BCUT2D eigenvalue weighted by Crippen LogP contribution is -2.36. The maximum absolute atomic E-state index is 12.0. The summed E-state index contributed by atoms with van der Waals surface area (Å²) in [5.74, 6) is 1.77. The Hall–Kier alpha value is -2.76. The van der Waals surface area contributed by atoms with Crippen molar-refractivity contribution in [3.8, 4) is 0 Å². The Morgan fingerprint density at radius 2 is 1.81 bits per heavy atom. The predicted octanol–water partition coefficient (Wildman–Crippen LogP) is 5.19. The topological polar surface area (TPSA) is 49.8 Å². The summed E-state index contributed by atoms with van der Waals surface area (Å²) in [5, 5.41) is 12.1. The molecule has 0 radical (unpaired) electrons. The smallest absolute Gasteiger partial charge is 0.309 e. The van der Waals surface area contributed by atoms with Gasteiger partial charge in [-0.2, -0.15) is 0 Å². The van der Waals surface area contributed by atoms with Gasteiger partial charge in [-0.1, -0.05) is 60.7 Å². The second kappa shape index (κ2) is 11.3. The van der Waals surface area contributed by atoms with Gasteiger partial charge in [-0.05, 0) is 81.3 Å². The van der Waals surface area contributed by atoms with Gasteiger partial charge in [0, 0.05) is 28.0 Å². The van der Waals surface area contributed by atoms with Crippen LogP contribution in [0.1, 0.15) is 38.7 Å². The second-order valence-corrected chi connectivity index (χ2v) is 12.1. The Morgan fingerprint density at radius 1 is 1.08 bits per heavy atom. The molecule has 0 spiro atoms. The van der Waals surface area contributed by atoms with Gasteiger partial charge in [-0.25, -0.2) is 0 Å². The molecule has 0 bridgehead atoms. The average Bonchev–Trinajstić information content (AvgIpc) is 3.07. The fourth-order valence-electron chi connectivity index (χ4n) is 5.56. The molecule has 194 valence electrons. The number of thioether (sulfide) groups is 1. The summed E-state index contributed by atoms with van der Waals surface area (Å²) < 4.78 is 6.12. The van der Waals surface area contributed by atoms with Gasteiger partial charge in [-0.3, -0.25) is 4.79 Å². The third-order valence-corrected chi connectivity index (χ3v) is 9.34. The summed E-state index contributed by atoms with van der Waals surface area (Å²) in [5.41, 5.74) is 1.74. The molecule has 0 aromatic heterocycles. The first-order valence-corrected chi connectivity index (χ1v) is 14.4. The number of rotatable bonds is 8. The number of carbonyl (C=O) groups is 1. The number of ether oxygens (including phenoxy) is 1. The zero-order chi connectivity index (χ0) is 25.8. The average molecular weight is 516 g/mol. The number of likely N-dealkylation sites (tertiary alicyclic amines) is 1. The van der Waals surface area contributed by atoms with E-state index < -0.39 is 11.4 Å². The van der Waals surface area contributed by atoms with Crippen molar-refractivity contribution in [2.45, 2.75) is 39.5 Å². The van der Waals surface area contributed by atoms with Gasteiger partial charge < -0.3 is 14.7 Å². The number of nitrogens with zero attached hydrogens (tertiary/aromatic N) is 1. The van der Waals surface area contributed by atoms with E-state index in [9.17, 15) is 9.90 Å². The first-order chi connectivity index (χ1) is 17.9. The first-order valence-electron chi connectivity index (χ1n) is 13.4. The Morgan fingerprint density at radius 3 is 2.57 bits per heavy atom. The van der Waals surface area contributed by atoms with Gasteiger partial charge >= 0.3 is 5.97 Å². The summed E-state index contributed by atoms with van der Waals surface area (Å²) in [6.07, 6.45) is 10.2. The minimum atomic E-state index is -0.843. The number of fused-ring (bicyclic) bond motifs is 1. The van der Waals surface area contributed by atoms with Crippen molar-refractivity contribution in [1.82, 2.24) is 4.90 Å². The van der Waals surface area contributed by atoms with Crippen LogP contribution < -0.4 is 10.4 Å². The standard InChI is InChI=1S/C32H37NO3S/c1-32(2,31(34)35)26-12-13-29-28(21-26)30(27-11-7-6-10-25(27)22-36-29)37-19-18-33-16-14-24(15-17-33)20-23-8-4-3-5-9-23/h3-13,22,24,26H,14-21H2,1-2H3,(H,34,35). The Bertz CT molecular complexity index is 1300. The predicted molar refractivity (Wildman–Crippen MR) is 152 cm³/mol. The summed E-state index contributed by atoms with van der Waals surface area (Å²) in [6.45, 7) is 7.02. The monoisotopic (exact) mass is 515 g/mol. The van der Waals surface area contributed by atoms with Crippen LogP contribution in [0.3, 0.4) is 0 Å². The largest absolute Gasteiger partial charge is 0.481 e. The number of allylic oxidation sites excluding steroid dienone is 2. The molecule has 1 N–H and O–H groups in total. The third-order valence-electron chi connectivity index (χ3n) is 8.20. The van der Waals surface area contributed by atoms with Crippen molar-refractivity contribution >= 4 is 28.9 Å². The van der Waals surface area contributed by atoms with Gasteiger partial charge in [0.1, 0.15) is 5.76 Å². The van der Waals surface area contributed by atoms with E-state index in [1.165, 1.54) is 34.9 Å². The minimum Gasteiger partial charge on any atom is -0.481 e. The van der Waals surface area contributed by atoms with Crippen molar-refractivity contribution < 1.29 is 14.6 Å². The number of aliphatic carboxylic acids is 1. The van der Waals surface area contributed by atoms with Gasteiger partial charge in [0.2, 0.25) is 0 Å². The molecule has 3 aliphatic rings. The Labute approximate surface area is 224 Å². The molecule has 1 saturated heterocycles. The summed E-state index contributed by atoms with van der Waals surface area (Å²) in [6, 6.07) is 19.2. The Kier molecular flexibility index (Phi) is 7.92. The number of benzene rings is 2. The lowest BCUT2D eigenvalue weighted by atomic mass is 9.73. The first kappa shape index (κ1) is 25.9. The van der Waals surface area contributed by atoms with Gasteiger partial charge in [-0.15, -0.1) is 11.8 Å². The van der Waals surface area contributed by atoms with Crippen LogP contribution >= 0.6 is 11.8 Å². The molecular weight excluding hydrogens is 478 g/mol. The molecular formula is C32H37NO3S. The molecule has 1 aliphatic carbocycles. The van der Waals surface area contributed by atoms with E-state index in [0.29, 0.717) is 6.42 Å². The lowest BCUT2D eigenvalue weighted by Gasteiger charge is -2.33. The molecule has 2 aromatic carbocycles. The van der Waals surface area contributed by atoms with E-state index in [2.05, 4.69) is 53.4 Å². The van der Waals surface area contributed by atoms with E-state index >= 15 is 0 Å². The van der Waals surface area contributed by atoms with Crippen LogP contribution in [0.5, 0.6) is 0 Å². The minimum absolute atomic E-state index is 0.0862.